The number of ether oxygens (including phenoxy) is 1. The van der Waals surface area contributed by atoms with E-state index in [4.69, 9.17) is 16.3 Å². The summed E-state index contributed by atoms with van der Waals surface area (Å²) < 4.78 is 19.5. The Kier molecular flexibility index (Phi) is 5.25. The molecule has 7 heteroatoms. The third-order valence-electron chi connectivity index (χ3n) is 4.01. The van der Waals surface area contributed by atoms with Crippen molar-refractivity contribution in [2.24, 2.45) is 0 Å². The van der Waals surface area contributed by atoms with Gasteiger partial charge in [0.2, 0.25) is 0 Å². The molecule has 126 valence electrons. The summed E-state index contributed by atoms with van der Waals surface area (Å²) in [6.45, 7) is 0. The molecule has 1 aromatic carbocycles. The number of nitrogens with zero attached hydrogens (tertiary/aromatic N) is 2. The van der Waals surface area contributed by atoms with Crippen LogP contribution in [-0.2, 0) is 0 Å². The predicted molar refractivity (Wildman–Crippen MR) is 87.6 cm³/mol. The van der Waals surface area contributed by atoms with E-state index < -0.39 is 11.7 Å². The summed E-state index contributed by atoms with van der Waals surface area (Å²) in [6.07, 6.45) is 6.32. The Bertz CT molecular complexity index is 686. The predicted octanol–water partition coefficient (Wildman–Crippen LogP) is 3.39. The fourth-order valence-electron chi connectivity index (χ4n) is 2.79. The zero-order valence-electron chi connectivity index (χ0n) is 12.9. The number of halogens is 2. The van der Waals surface area contributed by atoms with Crippen LogP contribution in [0.15, 0.2) is 36.7 Å². The molecular formula is C17H17ClFN3O2. The average molecular weight is 350 g/mol. The molecule has 1 saturated carbocycles. The minimum Gasteiger partial charge on any atom is -0.460 e. The summed E-state index contributed by atoms with van der Waals surface area (Å²) in [4.78, 5) is 20.3. The molecule has 1 N–H and O–H groups in total. The number of hydrogen-bond acceptors (Lipinski definition) is 4. The van der Waals surface area contributed by atoms with Gasteiger partial charge in [-0.1, -0.05) is 17.7 Å². The van der Waals surface area contributed by atoms with Gasteiger partial charge in [-0.2, -0.15) is 0 Å². The summed E-state index contributed by atoms with van der Waals surface area (Å²) >= 11 is 5.92. The molecule has 1 aliphatic rings. The SMILES string of the molecule is O=C(NC1CCC(Oc2ncccn2)CC1)c1c(F)cccc1Cl. The first-order valence-corrected chi connectivity index (χ1v) is 8.20. The lowest BCUT2D eigenvalue weighted by Crippen LogP contribution is -2.40. The van der Waals surface area contributed by atoms with E-state index in [2.05, 4.69) is 15.3 Å². The monoisotopic (exact) mass is 349 g/mol. The Morgan fingerprint density at radius 2 is 1.88 bits per heavy atom. The van der Waals surface area contributed by atoms with Crippen molar-refractivity contribution in [1.82, 2.24) is 15.3 Å². The van der Waals surface area contributed by atoms with Gasteiger partial charge in [-0.05, 0) is 43.9 Å². The summed E-state index contributed by atoms with van der Waals surface area (Å²) in [5.74, 6) is -1.09. The Morgan fingerprint density at radius 3 is 2.54 bits per heavy atom. The van der Waals surface area contributed by atoms with Crippen LogP contribution in [0.25, 0.3) is 0 Å². The van der Waals surface area contributed by atoms with Crippen LogP contribution in [0.1, 0.15) is 36.0 Å². The van der Waals surface area contributed by atoms with Gasteiger partial charge in [0.15, 0.2) is 0 Å². The third-order valence-corrected chi connectivity index (χ3v) is 4.33. The van der Waals surface area contributed by atoms with Crippen molar-refractivity contribution in [3.8, 4) is 6.01 Å². The van der Waals surface area contributed by atoms with E-state index >= 15 is 0 Å². The van der Waals surface area contributed by atoms with Crippen LogP contribution in [0.5, 0.6) is 6.01 Å². The number of hydrogen-bond donors (Lipinski definition) is 1. The molecule has 5 nitrogen and oxygen atoms in total. The second-order valence-corrected chi connectivity index (χ2v) is 6.10. The fourth-order valence-corrected chi connectivity index (χ4v) is 3.04. The van der Waals surface area contributed by atoms with Gasteiger partial charge in [0.1, 0.15) is 11.9 Å². The number of benzene rings is 1. The van der Waals surface area contributed by atoms with Gasteiger partial charge < -0.3 is 10.1 Å². The number of carbonyl (C=O) groups excluding carboxylic acids is 1. The van der Waals surface area contributed by atoms with Crippen LogP contribution in [0.3, 0.4) is 0 Å². The van der Waals surface area contributed by atoms with Gasteiger partial charge >= 0.3 is 6.01 Å². The standard InChI is InChI=1S/C17H17ClFN3O2/c18-13-3-1-4-14(19)15(13)16(23)22-11-5-7-12(8-6-11)24-17-20-9-2-10-21-17/h1-4,9-12H,5-8H2,(H,22,23). The third kappa shape index (κ3) is 4.00. The number of amides is 1. The average Bonchev–Trinajstić information content (AvgIpc) is 2.57. The molecule has 0 spiro atoms. The molecule has 0 aliphatic heterocycles. The molecule has 0 unspecified atom stereocenters. The zero-order chi connectivity index (χ0) is 16.9. The van der Waals surface area contributed by atoms with E-state index in [1.54, 1.807) is 18.5 Å². The van der Waals surface area contributed by atoms with Crippen molar-refractivity contribution in [2.45, 2.75) is 37.8 Å². The van der Waals surface area contributed by atoms with Crippen LogP contribution >= 0.6 is 11.6 Å². The first-order chi connectivity index (χ1) is 11.6. The number of carbonyl (C=O) groups is 1. The van der Waals surface area contributed by atoms with Gasteiger partial charge in [0.05, 0.1) is 10.6 Å². The molecule has 1 fully saturated rings. The highest BCUT2D eigenvalue weighted by atomic mass is 35.5. The maximum atomic E-state index is 13.8. The van der Waals surface area contributed by atoms with Crippen LogP contribution in [0.4, 0.5) is 4.39 Å². The molecule has 0 radical (unpaired) electrons. The van der Waals surface area contributed by atoms with Crippen LogP contribution in [0, 0.1) is 5.82 Å². The zero-order valence-corrected chi connectivity index (χ0v) is 13.7. The lowest BCUT2D eigenvalue weighted by molar-refractivity contribution is 0.0881. The molecule has 0 saturated heterocycles. The van der Waals surface area contributed by atoms with Crippen molar-refractivity contribution >= 4 is 17.5 Å². The van der Waals surface area contributed by atoms with Crippen molar-refractivity contribution in [3.63, 3.8) is 0 Å². The molecule has 24 heavy (non-hydrogen) atoms. The molecule has 0 bridgehead atoms. The molecule has 2 aromatic rings. The highest BCUT2D eigenvalue weighted by Crippen LogP contribution is 2.24. The number of rotatable bonds is 4. The van der Waals surface area contributed by atoms with E-state index in [0.29, 0.717) is 6.01 Å². The molecule has 0 atom stereocenters. The molecule has 1 heterocycles. The first kappa shape index (κ1) is 16.6. The highest BCUT2D eigenvalue weighted by Gasteiger charge is 2.26. The van der Waals surface area contributed by atoms with Crippen molar-refractivity contribution < 1.29 is 13.9 Å². The molecule has 1 aromatic heterocycles. The van der Waals surface area contributed by atoms with Gasteiger partial charge in [-0.15, -0.1) is 0 Å². The van der Waals surface area contributed by atoms with Crippen molar-refractivity contribution in [2.75, 3.05) is 0 Å². The molecule has 1 aliphatic carbocycles. The van der Waals surface area contributed by atoms with Crippen molar-refractivity contribution in [1.29, 1.82) is 0 Å². The quantitative estimate of drug-likeness (QED) is 0.919. The number of aromatic nitrogens is 2. The maximum Gasteiger partial charge on any atom is 0.316 e. The van der Waals surface area contributed by atoms with E-state index in [1.165, 1.54) is 18.2 Å². The molecule has 1 amide bonds. The van der Waals surface area contributed by atoms with Gasteiger partial charge in [0, 0.05) is 18.4 Å². The van der Waals surface area contributed by atoms with E-state index in [0.717, 1.165) is 25.7 Å². The Balaban J connectivity index is 1.53. The second-order valence-electron chi connectivity index (χ2n) is 5.69. The summed E-state index contributed by atoms with van der Waals surface area (Å²) in [5.41, 5.74) is -0.102. The largest absolute Gasteiger partial charge is 0.460 e. The number of nitrogens with one attached hydrogen (secondary N) is 1. The highest BCUT2D eigenvalue weighted by molar-refractivity contribution is 6.33. The normalized spacial score (nSPS) is 20.4. The summed E-state index contributed by atoms with van der Waals surface area (Å²) in [7, 11) is 0. The smallest absolute Gasteiger partial charge is 0.316 e. The topological polar surface area (TPSA) is 64.1 Å². The first-order valence-electron chi connectivity index (χ1n) is 7.82. The van der Waals surface area contributed by atoms with E-state index in [1.807, 2.05) is 0 Å². The Morgan fingerprint density at radius 1 is 1.17 bits per heavy atom. The van der Waals surface area contributed by atoms with Gasteiger partial charge in [0.25, 0.3) is 5.91 Å². The Hall–Kier alpha value is -2.21. The summed E-state index contributed by atoms with van der Waals surface area (Å²) in [6, 6.07) is 6.28. The van der Waals surface area contributed by atoms with Crippen molar-refractivity contribution in [3.05, 3.63) is 53.1 Å². The van der Waals surface area contributed by atoms with E-state index in [-0.39, 0.29) is 22.7 Å². The van der Waals surface area contributed by atoms with E-state index in [9.17, 15) is 9.18 Å². The molecule has 3 rings (SSSR count). The fraction of sp³-hybridized carbons (Fsp3) is 0.353. The van der Waals surface area contributed by atoms with Gasteiger partial charge in [-0.3, -0.25) is 4.79 Å². The van der Waals surface area contributed by atoms with Crippen LogP contribution in [-0.4, -0.2) is 28.0 Å². The van der Waals surface area contributed by atoms with Gasteiger partial charge in [-0.25, -0.2) is 14.4 Å². The minimum absolute atomic E-state index is 0.0234. The summed E-state index contributed by atoms with van der Waals surface area (Å²) in [5, 5.41) is 2.97. The second kappa shape index (κ2) is 7.57. The lowest BCUT2D eigenvalue weighted by atomic mass is 9.92. The van der Waals surface area contributed by atoms with Crippen LogP contribution < -0.4 is 10.1 Å². The lowest BCUT2D eigenvalue weighted by Gasteiger charge is -2.29. The molecular weight excluding hydrogens is 333 g/mol. The maximum absolute atomic E-state index is 13.8. The minimum atomic E-state index is -0.613. The Labute approximate surface area is 144 Å². The van der Waals surface area contributed by atoms with Crippen LogP contribution in [0.2, 0.25) is 5.02 Å².